The van der Waals surface area contributed by atoms with Gasteiger partial charge in [0.15, 0.2) is 0 Å². The summed E-state index contributed by atoms with van der Waals surface area (Å²) >= 11 is 3.50. The van der Waals surface area contributed by atoms with Crippen molar-refractivity contribution in [2.75, 3.05) is 5.32 Å². The van der Waals surface area contributed by atoms with Gasteiger partial charge >= 0.3 is 0 Å². The zero-order chi connectivity index (χ0) is 12.1. The summed E-state index contributed by atoms with van der Waals surface area (Å²) in [6, 6.07) is 14.6. The Bertz CT molecular complexity index is 471. The van der Waals surface area contributed by atoms with E-state index in [1.54, 1.807) is 6.20 Å². The Hall–Kier alpha value is -1.35. The maximum atomic E-state index is 4.33. The van der Waals surface area contributed by atoms with Crippen molar-refractivity contribution in [1.29, 1.82) is 0 Å². The van der Waals surface area contributed by atoms with Crippen LogP contribution in [-0.4, -0.2) is 4.98 Å². The summed E-state index contributed by atoms with van der Waals surface area (Å²) in [5.41, 5.74) is 1.28. The van der Waals surface area contributed by atoms with Gasteiger partial charge in [-0.1, -0.05) is 37.3 Å². The highest BCUT2D eigenvalue weighted by atomic mass is 79.9. The van der Waals surface area contributed by atoms with E-state index in [1.165, 1.54) is 5.56 Å². The first-order valence-corrected chi connectivity index (χ1v) is 6.52. The zero-order valence-corrected chi connectivity index (χ0v) is 11.3. The highest BCUT2D eigenvalue weighted by Crippen LogP contribution is 2.25. The third kappa shape index (κ3) is 3.07. The van der Waals surface area contributed by atoms with Gasteiger partial charge in [0.05, 0.1) is 10.5 Å². The Morgan fingerprint density at radius 1 is 1.18 bits per heavy atom. The Labute approximate surface area is 110 Å². The van der Waals surface area contributed by atoms with Gasteiger partial charge in [-0.3, -0.25) is 0 Å². The van der Waals surface area contributed by atoms with Gasteiger partial charge in [0, 0.05) is 6.20 Å². The minimum atomic E-state index is 0.294. The smallest absolute Gasteiger partial charge is 0.140 e. The third-order valence-electron chi connectivity index (χ3n) is 2.68. The number of pyridine rings is 1. The van der Waals surface area contributed by atoms with Gasteiger partial charge in [0.25, 0.3) is 0 Å². The molecular formula is C14H15BrN2. The molecule has 2 aromatic rings. The van der Waals surface area contributed by atoms with Crippen molar-refractivity contribution in [2.24, 2.45) is 0 Å². The number of hydrogen-bond donors (Lipinski definition) is 1. The van der Waals surface area contributed by atoms with Gasteiger partial charge in [-0.05, 0) is 40.0 Å². The van der Waals surface area contributed by atoms with Crippen molar-refractivity contribution in [1.82, 2.24) is 4.98 Å². The number of rotatable bonds is 4. The summed E-state index contributed by atoms with van der Waals surface area (Å²) in [4.78, 5) is 4.33. The number of nitrogens with one attached hydrogen (secondary N) is 1. The molecule has 88 valence electrons. The van der Waals surface area contributed by atoms with Gasteiger partial charge in [0.1, 0.15) is 5.82 Å². The van der Waals surface area contributed by atoms with Crippen LogP contribution < -0.4 is 5.32 Å². The molecule has 0 spiro atoms. The first kappa shape index (κ1) is 12.1. The van der Waals surface area contributed by atoms with Gasteiger partial charge < -0.3 is 5.32 Å². The molecule has 1 N–H and O–H groups in total. The molecule has 1 aromatic heterocycles. The molecule has 0 aliphatic heterocycles. The van der Waals surface area contributed by atoms with E-state index < -0.39 is 0 Å². The molecular weight excluding hydrogens is 276 g/mol. The number of aromatic nitrogens is 1. The van der Waals surface area contributed by atoms with Crippen molar-refractivity contribution in [3.63, 3.8) is 0 Å². The molecule has 0 aliphatic carbocycles. The summed E-state index contributed by atoms with van der Waals surface area (Å²) in [6.07, 6.45) is 2.82. The molecule has 17 heavy (non-hydrogen) atoms. The average Bonchev–Trinajstić information content (AvgIpc) is 2.39. The molecule has 0 amide bonds. The number of benzene rings is 1. The molecule has 3 heteroatoms. The van der Waals surface area contributed by atoms with E-state index in [9.17, 15) is 0 Å². The van der Waals surface area contributed by atoms with Crippen LogP contribution in [0.3, 0.4) is 0 Å². The number of hydrogen-bond acceptors (Lipinski definition) is 2. The molecule has 1 unspecified atom stereocenters. The largest absolute Gasteiger partial charge is 0.362 e. The third-order valence-corrected chi connectivity index (χ3v) is 3.32. The maximum absolute atomic E-state index is 4.33. The predicted octanol–water partition coefficient (Wildman–Crippen LogP) is 4.41. The van der Waals surface area contributed by atoms with Gasteiger partial charge in [-0.2, -0.15) is 0 Å². The number of anilines is 1. The first-order chi connectivity index (χ1) is 8.31. The van der Waals surface area contributed by atoms with Crippen molar-refractivity contribution >= 4 is 21.7 Å². The SMILES string of the molecule is CCC(Nc1ncccc1Br)c1ccccc1. The van der Waals surface area contributed by atoms with Crippen LogP contribution in [0.25, 0.3) is 0 Å². The second-order valence-corrected chi connectivity index (χ2v) is 4.70. The zero-order valence-electron chi connectivity index (χ0n) is 9.73. The quantitative estimate of drug-likeness (QED) is 0.902. The molecule has 1 aromatic carbocycles. The van der Waals surface area contributed by atoms with Crippen LogP contribution in [0.4, 0.5) is 5.82 Å². The lowest BCUT2D eigenvalue weighted by Gasteiger charge is -2.18. The normalized spacial score (nSPS) is 12.1. The van der Waals surface area contributed by atoms with Crippen LogP contribution in [0.2, 0.25) is 0 Å². The first-order valence-electron chi connectivity index (χ1n) is 5.73. The number of halogens is 1. The van der Waals surface area contributed by atoms with Crippen LogP contribution in [0.15, 0.2) is 53.1 Å². The van der Waals surface area contributed by atoms with E-state index >= 15 is 0 Å². The van der Waals surface area contributed by atoms with Gasteiger partial charge in [0.2, 0.25) is 0 Å². The van der Waals surface area contributed by atoms with Crippen molar-refractivity contribution < 1.29 is 0 Å². The van der Waals surface area contributed by atoms with E-state index in [0.29, 0.717) is 6.04 Å². The van der Waals surface area contributed by atoms with E-state index in [1.807, 2.05) is 18.2 Å². The molecule has 0 fully saturated rings. The average molecular weight is 291 g/mol. The summed E-state index contributed by atoms with van der Waals surface area (Å²) in [5, 5.41) is 3.46. The lowest BCUT2D eigenvalue weighted by atomic mass is 10.0. The van der Waals surface area contributed by atoms with Crippen molar-refractivity contribution in [3.8, 4) is 0 Å². The van der Waals surface area contributed by atoms with Crippen LogP contribution in [0.1, 0.15) is 24.9 Å². The van der Waals surface area contributed by atoms with Crippen molar-refractivity contribution in [2.45, 2.75) is 19.4 Å². The standard InChI is InChI=1S/C14H15BrN2/c1-2-13(11-7-4-3-5-8-11)17-14-12(15)9-6-10-16-14/h3-10,13H,2H2,1H3,(H,16,17). The maximum Gasteiger partial charge on any atom is 0.140 e. The lowest BCUT2D eigenvalue weighted by Crippen LogP contribution is -2.10. The monoisotopic (exact) mass is 290 g/mol. The molecule has 0 radical (unpaired) electrons. The highest BCUT2D eigenvalue weighted by Gasteiger charge is 2.10. The van der Waals surface area contributed by atoms with Gasteiger partial charge in [-0.15, -0.1) is 0 Å². The fraction of sp³-hybridized carbons (Fsp3) is 0.214. The second-order valence-electron chi connectivity index (χ2n) is 3.85. The fourth-order valence-electron chi connectivity index (χ4n) is 1.76. The summed E-state index contributed by atoms with van der Waals surface area (Å²) < 4.78 is 0.995. The lowest BCUT2D eigenvalue weighted by molar-refractivity contribution is 0.744. The molecule has 1 heterocycles. The summed E-state index contributed by atoms with van der Waals surface area (Å²) in [5.74, 6) is 0.892. The minimum Gasteiger partial charge on any atom is -0.362 e. The summed E-state index contributed by atoms with van der Waals surface area (Å²) in [6.45, 7) is 2.17. The number of nitrogens with zero attached hydrogens (tertiary/aromatic N) is 1. The molecule has 2 rings (SSSR count). The Morgan fingerprint density at radius 3 is 2.59 bits per heavy atom. The second kappa shape index (κ2) is 5.82. The molecule has 0 saturated carbocycles. The van der Waals surface area contributed by atoms with Crippen molar-refractivity contribution in [3.05, 3.63) is 58.7 Å². The Kier molecular flexibility index (Phi) is 4.15. The van der Waals surface area contributed by atoms with Crippen LogP contribution in [0.5, 0.6) is 0 Å². The van der Waals surface area contributed by atoms with Crippen LogP contribution >= 0.6 is 15.9 Å². The fourth-order valence-corrected chi connectivity index (χ4v) is 2.13. The highest BCUT2D eigenvalue weighted by molar-refractivity contribution is 9.10. The Morgan fingerprint density at radius 2 is 1.94 bits per heavy atom. The molecule has 0 bridgehead atoms. The van der Waals surface area contributed by atoms with Gasteiger partial charge in [-0.25, -0.2) is 4.98 Å². The molecule has 1 atom stereocenters. The summed E-state index contributed by atoms with van der Waals surface area (Å²) in [7, 11) is 0. The Balaban J connectivity index is 2.19. The van der Waals surface area contributed by atoms with E-state index in [-0.39, 0.29) is 0 Å². The minimum absolute atomic E-state index is 0.294. The van der Waals surface area contributed by atoms with E-state index in [4.69, 9.17) is 0 Å². The van der Waals surface area contributed by atoms with E-state index in [2.05, 4.69) is 57.4 Å². The molecule has 0 aliphatic rings. The molecule has 0 saturated heterocycles. The predicted molar refractivity (Wildman–Crippen MR) is 75.0 cm³/mol. The topological polar surface area (TPSA) is 24.9 Å². The molecule has 2 nitrogen and oxygen atoms in total. The van der Waals surface area contributed by atoms with Crippen LogP contribution in [-0.2, 0) is 0 Å². The van der Waals surface area contributed by atoms with E-state index in [0.717, 1.165) is 16.7 Å². The van der Waals surface area contributed by atoms with Crippen LogP contribution in [0, 0.1) is 0 Å².